The summed E-state index contributed by atoms with van der Waals surface area (Å²) in [5, 5.41) is 11.0. The number of fused-ring (bicyclic) bond motifs is 2. The number of aliphatic carboxylic acids is 1. The fraction of sp³-hybridized carbons (Fsp3) is 0.500. The second kappa shape index (κ2) is 3.84. The van der Waals surface area contributed by atoms with Crippen LogP contribution in [0, 0.1) is 5.92 Å². The molecule has 4 nitrogen and oxygen atoms in total. The SMILES string of the molecule is O=C(O)C1CC2CCC1N2C(=O)c1cccs1. The molecular weight excluding hydrogens is 238 g/mol. The molecule has 17 heavy (non-hydrogen) atoms. The van der Waals surface area contributed by atoms with Gasteiger partial charge in [-0.15, -0.1) is 11.3 Å². The first-order valence-electron chi connectivity index (χ1n) is 5.77. The zero-order valence-electron chi connectivity index (χ0n) is 9.20. The Morgan fingerprint density at radius 1 is 1.41 bits per heavy atom. The van der Waals surface area contributed by atoms with Crippen molar-refractivity contribution < 1.29 is 14.7 Å². The molecule has 1 aromatic rings. The highest BCUT2D eigenvalue weighted by Gasteiger charge is 2.51. The summed E-state index contributed by atoms with van der Waals surface area (Å²) in [6.07, 6.45) is 2.40. The van der Waals surface area contributed by atoms with Crippen molar-refractivity contribution in [1.29, 1.82) is 0 Å². The molecule has 1 N–H and O–H groups in total. The molecule has 2 fully saturated rings. The van der Waals surface area contributed by atoms with Gasteiger partial charge in [-0.25, -0.2) is 0 Å². The number of carboxylic acid groups (broad SMARTS) is 1. The van der Waals surface area contributed by atoms with E-state index in [1.54, 1.807) is 6.07 Å². The topological polar surface area (TPSA) is 57.6 Å². The van der Waals surface area contributed by atoms with Gasteiger partial charge in [-0.2, -0.15) is 0 Å². The van der Waals surface area contributed by atoms with Crippen molar-refractivity contribution in [2.75, 3.05) is 0 Å². The predicted molar refractivity (Wildman–Crippen MR) is 63.0 cm³/mol. The van der Waals surface area contributed by atoms with E-state index >= 15 is 0 Å². The third-order valence-electron chi connectivity index (χ3n) is 3.82. The van der Waals surface area contributed by atoms with Crippen molar-refractivity contribution in [1.82, 2.24) is 4.90 Å². The number of hydrogen-bond acceptors (Lipinski definition) is 3. The smallest absolute Gasteiger partial charge is 0.308 e. The Balaban J connectivity index is 1.86. The van der Waals surface area contributed by atoms with Crippen molar-refractivity contribution in [2.45, 2.75) is 31.3 Å². The lowest BCUT2D eigenvalue weighted by atomic mass is 9.89. The molecule has 3 atom stereocenters. The van der Waals surface area contributed by atoms with E-state index in [2.05, 4.69) is 0 Å². The normalized spacial score (nSPS) is 30.8. The third-order valence-corrected chi connectivity index (χ3v) is 4.68. The van der Waals surface area contributed by atoms with E-state index in [1.165, 1.54) is 11.3 Å². The van der Waals surface area contributed by atoms with Gasteiger partial charge in [0.05, 0.1) is 10.8 Å². The lowest BCUT2D eigenvalue weighted by Crippen LogP contribution is -2.37. The van der Waals surface area contributed by atoms with Crippen LogP contribution in [0.4, 0.5) is 0 Å². The predicted octanol–water partition coefficient (Wildman–Crippen LogP) is 1.83. The molecule has 0 aromatic carbocycles. The maximum absolute atomic E-state index is 12.3. The molecule has 0 aliphatic carbocycles. The van der Waals surface area contributed by atoms with E-state index < -0.39 is 5.97 Å². The molecule has 1 aromatic heterocycles. The van der Waals surface area contributed by atoms with Crippen molar-refractivity contribution in [3.05, 3.63) is 22.4 Å². The highest BCUT2D eigenvalue weighted by Crippen LogP contribution is 2.42. The van der Waals surface area contributed by atoms with Crippen LogP contribution in [0.1, 0.15) is 28.9 Å². The van der Waals surface area contributed by atoms with Gasteiger partial charge in [0, 0.05) is 12.1 Å². The van der Waals surface area contributed by atoms with E-state index in [9.17, 15) is 9.59 Å². The van der Waals surface area contributed by atoms with Crippen LogP contribution < -0.4 is 0 Å². The molecule has 3 unspecified atom stereocenters. The largest absolute Gasteiger partial charge is 0.481 e. The highest BCUT2D eigenvalue weighted by molar-refractivity contribution is 7.12. The average molecular weight is 251 g/mol. The summed E-state index contributed by atoms with van der Waals surface area (Å²) >= 11 is 1.42. The first-order chi connectivity index (χ1) is 8.18. The van der Waals surface area contributed by atoms with Crippen molar-refractivity contribution >= 4 is 23.2 Å². The summed E-state index contributed by atoms with van der Waals surface area (Å²) in [5.74, 6) is -1.12. The quantitative estimate of drug-likeness (QED) is 0.872. The molecule has 2 bridgehead atoms. The van der Waals surface area contributed by atoms with Gasteiger partial charge in [0.2, 0.25) is 0 Å². The molecule has 1 amide bonds. The number of nitrogens with zero attached hydrogens (tertiary/aromatic N) is 1. The first-order valence-corrected chi connectivity index (χ1v) is 6.65. The molecule has 0 radical (unpaired) electrons. The summed E-state index contributed by atoms with van der Waals surface area (Å²) in [6, 6.07) is 3.70. The second-order valence-electron chi connectivity index (χ2n) is 4.67. The van der Waals surface area contributed by atoms with E-state index in [4.69, 9.17) is 5.11 Å². The Morgan fingerprint density at radius 2 is 2.24 bits per heavy atom. The number of carbonyl (C=O) groups is 2. The van der Waals surface area contributed by atoms with Gasteiger partial charge in [-0.05, 0) is 30.7 Å². The van der Waals surface area contributed by atoms with E-state index in [0.717, 1.165) is 12.8 Å². The Labute approximate surface area is 103 Å². The number of amides is 1. The van der Waals surface area contributed by atoms with Gasteiger partial charge in [-0.3, -0.25) is 9.59 Å². The molecule has 2 aliphatic heterocycles. The maximum atomic E-state index is 12.3. The van der Waals surface area contributed by atoms with Crippen LogP contribution in [0.3, 0.4) is 0 Å². The Hall–Kier alpha value is -1.36. The van der Waals surface area contributed by atoms with Crippen molar-refractivity contribution in [3.63, 3.8) is 0 Å². The van der Waals surface area contributed by atoms with Gasteiger partial charge < -0.3 is 10.0 Å². The van der Waals surface area contributed by atoms with Crippen LogP contribution >= 0.6 is 11.3 Å². The van der Waals surface area contributed by atoms with Gasteiger partial charge in [0.15, 0.2) is 0 Å². The molecule has 3 heterocycles. The molecule has 0 saturated carbocycles. The van der Waals surface area contributed by atoms with Crippen LogP contribution in [-0.4, -0.2) is 34.0 Å². The number of hydrogen-bond donors (Lipinski definition) is 1. The molecule has 0 spiro atoms. The standard InChI is InChI=1S/C12H13NO3S/c14-11(10-2-1-5-17-10)13-7-3-4-9(13)8(6-7)12(15)16/h1-2,5,7-9H,3-4,6H2,(H,15,16). The molecule has 5 heteroatoms. The van der Waals surface area contributed by atoms with Crippen LogP contribution in [0.25, 0.3) is 0 Å². The summed E-state index contributed by atoms with van der Waals surface area (Å²) in [6.45, 7) is 0. The first kappa shape index (κ1) is 10.8. The van der Waals surface area contributed by atoms with Gasteiger partial charge in [0.1, 0.15) is 0 Å². The molecule has 2 aliphatic rings. The van der Waals surface area contributed by atoms with E-state index in [-0.39, 0.29) is 23.9 Å². The second-order valence-corrected chi connectivity index (χ2v) is 5.62. The van der Waals surface area contributed by atoms with Gasteiger partial charge >= 0.3 is 5.97 Å². The minimum absolute atomic E-state index is 0.0104. The number of rotatable bonds is 2. The summed E-state index contributed by atoms with van der Waals surface area (Å²) in [4.78, 5) is 25.9. The zero-order valence-corrected chi connectivity index (χ0v) is 10.0. The number of thiophene rings is 1. The van der Waals surface area contributed by atoms with Gasteiger partial charge in [0.25, 0.3) is 5.91 Å². The Kier molecular flexibility index (Phi) is 2.43. The lowest BCUT2D eigenvalue weighted by Gasteiger charge is -2.22. The third kappa shape index (κ3) is 1.57. The van der Waals surface area contributed by atoms with Crippen molar-refractivity contribution in [2.24, 2.45) is 5.92 Å². The molecule has 90 valence electrons. The molecule has 3 rings (SSSR count). The zero-order chi connectivity index (χ0) is 12.0. The fourth-order valence-corrected chi connectivity index (χ4v) is 3.77. The van der Waals surface area contributed by atoms with E-state index in [1.807, 2.05) is 16.3 Å². The monoisotopic (exact) mass is 251 g/mol. The average Bonchev–Trinajstić information content (AvgIpc) is 3.03. The minimum atomic E-state index is -0.763. The number of carbonyl (C=O) groups excluding carboxylic acids is 1. The van der Waals surface area contributed by atoms with Gasteiger partial charge in [-0.1, -0.05) is 6.07 Å². The summed E-state index contributed by atoms with van der Waals surface area (Å²) in [5.41, 5.74) is 0. The Morgan fingerprint density at radius 3 is 2.82 bits per heavy atom. The van der Waals surface area contributed by atoms with Crippen LogP contribution in [0.15, 0.2) is 17.5 Å². The molecular formula is C12H13NO3S. The Bertz CT molecular complexity index is 456. The van der Waals surface area contributed by atoms with Crippen LogP contribution in [-0.2, 0) is 4.79 Å². The minimum Gasteiger partial charge on any atom is -0.481 e. The van der Waals surface area contributed by atoms with E-state index in [0.29, 0.717) is 11.3 Å². The lowest BCUT2D eigenvalue weighted by molar-refractivity contribution is -0.142. The highest BCUT2D eigenvalue weighted by atomic mass is 32.1. The maximum Gasteiger partial charge on any atom is 0.308 e. The molecule has 2 saturated heterocycles. The summed E-state index contributed by atoms with van der Waals surface area (Å²) < 4.78 is 0. The summed E-state index contributed by atoms with van der Waals surface area (Å²) in [7, 11) is 0. The van der Waals surface area contributed by atoms with Crippen LogP contribution in [0.2, 0.25) is 0 Å². The number of carboxylic acids is 1. The fourth-order valence-electron chi connectivity index (χ4n) is 3.10. The van der Waals surface area contributed by atoms with Crippen molar-refractivity contribution in [3.8, 4) is 0 Å². The van der Waals surface area contributed by atoms with Crippen LogP contribution in [0.5, 0.6) is 0 Å².